The summed E-state index contributed by atoms with van der Waals surface area (Å²) in [5.41, 5.74) is 10.1. The van der Waals surface area contributed by atoms with Gasteiger partial charge in [0.25, 0.3) is 0 Å². The number of nitrogens with two attached hydrogens (primary N) is 1. The molecule has 0 unspecified atom stereocenters. The van der Waals surface area contributed by atoms with Crippen molar-refractivity contribution in [1.29, 1.82) is 5.41 Å². The van der Waals surface area contributed by atoms with Gasteiger partial charge in [0.15, 0.2) is 5.54 Å². The van der Waals surface area contributed by atoms with E-state index in [1.165, 1.54) is 23.0 Å². The van der Waals surface area contributed by atoms with E-state index in [0.717, 1.165) is 33.4 Å². The van der Waals surface area contributed by atoms with E-state index in [4.69, 9.17) is 15.9 Å². The van der Waals surface area contributed by atoms with Crippen LogP contribution < -0.4 is 5.73 Å². The number of ether oxygens (including phenoxy) is 1. The molecule has 0 spiro atoms. The van der Waals surface area contributed by atoms with Gasteiger partial charge in [-0.05, 0) is 57.2 Å². The molecule has 2 aromatic carbocycles. The van der Waals surface area contributed by atoms with Crippen molar-refractivity contribution in [3.63, 3.8) is 0 Å². The van der Waals surface area contributed by atoms with Crippen LogP contribution in [-0.4, -0.2) is 45.4 Å². The number of fused-ring (bicyclic) bond motifs is 1. The Morgan fingerprint density at radius 1 is 1.22 bits per heavy atom. The number of carboxylic acid groups (broad SMARTS) is 1. The number of halogens is 1. The molecule has 4 rings (SSSR count). The first-order chi connectivity index (χ1) is 17.3. The van der Waals surface area contributed by atoms with Crippen LogP contribution in [0, 0.1) is 18.2 Å². The summed E-state index contributed by atoms with van der Waals surface area (Å²) in [7, 11) is 1.64. The molecular formula is C28H32FN5O3. The molecular weight excluding hydrogens is 473 g/mol. The molecule has 9 heteroatoms. The Labute approximate surface area is 215 Å². The van der Waals surface area contributed by atoms with Crippen LogP contribution in [-0.2, 0) is 20.5 Å². The van der Waals surface area contributed by atoms with Gasteiger partial charge in [-0.25, -0.2) is 9.18 Å². The smallest absolute Gasteiger partial charge is 0.331 e. The first-order valence-electron chi connectivity index (χ1n) is 11.9. The Morgan fingerprint density at radius 2 is 1.86 bits per heavy atom. The van der Waals surface area contributed by atoms with Gasteiger partial charge in [0.05, 0.1) is 17.8 Å². The van der Waals surface area contributed by atoms with E-state index >= 15 is 0 Å². The van der Waals surface area contributed by atoms with Crippen LogP contribution in [0.2, 0.25) is 0 Å². The van der Waals surface area contributed by atoms with Crippen molar-refractivity contribution in [2.24, 2.45) is 0 Å². The lowest BCUT2D eigenvalue weighted by molar-refractivity contribution is -0.146. The second-order valence-electron chi connectivity index (χ2n) is 10.4. The van der Waals surface area contributed by atoms with Gasteiger partial charge >= 0.3 is 5.97 Å². The van der Waals surface area contributed by atoms with Gasteiger partial charge in [0.1, 0.15) is 5.82 Å². The Kier molecular flexibility index (Phi) is 6.45. The molecule has 4 aromatic rings. The first kappa shape index (κ1) is 26.1. The number of methoxy groups -OCH3 is 1. The first-order valence-corrected chi connectivity index (χ1v) is 11.9. The van der Waals surface area contributed by atoms with Crippen LogP contribution in [0.5, 0.6) is 0 Å². The van der Waals surface area contributed by atoms with E-state index < -0.39 is 16.9 Å². The predicted octanol–water partition coefficient (Wildman–Crippen LogP) is 5.27. The van der Waals surface area contributed by atoms with Crippen molar-refractivity contribution in [3.8, 4) is 16.8 Å². The zero-order valence-electron chi connectivity index (χ0n) is 21.9. The molecule has 0 atom stereocenters. The largest absolute Gasteiger partial charge is 0.479 e. The second kappa shape index (κ2) is 9.15. The zero-order chi connectivity index (χ0) is 27.3. The van der Waals surface area contributed by atoms with Crippen molar-refractivity contribution < 1.29 is 19.0 Å². The van der Waals surface area contributed by atoms with Gasteiger partial charge < -0.3 is 25.6 Å². The summed E-state index contributed by atoms with van der Waals surface area (Å²) in [5.74, 6) is -1.36. The van der Waals surface area contributed by atoms with Gasteiger partial charge in [-0.15, -0.1) is 0 Å². The van der Waals surface area contributed by atoms with Crippen LogP contribution in [0.4, 0.5) is 10.1 Å². The number of rotatable bonds is 8. The number of aryl methyl sites for hydroxylation is 1. The Hall–Kier alpha value is -3.98. The Morgan fingerprint density at radius 3 is 2.43 bits per heavy atom. The van der Waals surface area contributed by atoms with E-state index in [1.54, 1.807) is 39.3 Å². The molecule has 8 nitrogen and oxygen atoms in total. The number of nitrogens with zero attached hydrogens (tertiary/aromatic N) is 3. The summed E-state index contributed by atoms with van der Waals surface area (Å²) in [6, 6.07) is 9.89. The number of carboxylic acids is 1. The third-order valence-electron chi connectivity index (χ3n) is 6.82. The fourth-order valence-electron chi connectivity index (χ4n) is 4.78. The lowest BCUT2D eigenvalue weighted by Crippen LogP contribution is -2.36. The summed E-state index contributed by atoms with van der Waals surface area (Å²) in [6.07, 6.45) is 2.95. The third kappa shape index (κ3) is 4.29. The van der Waals surface area contributed by atoms with Gasteiger partial charge in [0, 0.05) is 64.1 Å². The standard InChI is InChI=1S/C28H32FN5O3/c1-16-21(14-33(32-16)28(4,5)26(35)36)24-20-12-22(31)17(13-30)11-23(20)34(19-9-7-18(29)8-10-19)25(24)27(2,3)15-37-6/h7-14,30H,15,31H2,1-6H3,(H,35,36). The average Bonchev–Trinajstić information content (AvgIpc) is 3.37. The molecule has 37 heavy (non-hydrogen) atoms. The number of anilines is 1. The van der Waals surface area contributed by atoms with Gasteiger partial charge in [-0.2, -0.15) is 5.10 Å². The molecule has 194 valence electrons. The molecule has 2 aromatic heterocycles. The lowest BCUT2D eigenvalue weighted by atomic mass is 9.85. The van der Waals surface area contributed by atoms with Crippen molar-refractivity contribution in [2.45, 2.75) is 45.6 Å². The quantitative estimate of drug-likeness (QED) is 0.223. The minimum atomic E-state index is -1.27. The van der Waals surface area contributed by atoms with Crippen LogP contribution >= 0.6 is 0 Å². The summed E-state index contributed by atoms with van der Waals surface area (Å²) < 4.78 is 23.0. The molecule has 2 heterocycles. The van der Waals surface area contributed by atoms with Crippen LogP contribution in [0.3, 0.4) is 0 Å². The minimum absolute atomic E-state index is 0.351. The molecule has 0 saturated carbocycles. The number of hydrogen-bond acceptors (Lipinski definition) is 5. The number of benzene rings is 2. The fourth-order valence-corrected chi connectivity index (χ4v) is 4.78. The molecule has 0 radical (unpaired) electrons. The molecule has 0 aliphatic heterocycles. The maximum atomic E-state index is 13.9. The van der Waals surface area contributed by atoms with E-state index in [-0.39, 0.29) is 5.82 Å². The zero-order valence-corrected chi connectivity index (χ0v) is 21.9. The SMILES string of the molecule is COCC(C)(C)c1c(-c2cn(C(C)(C)C(=O)O)nc2C)c2cc(N)c(C=N)cc2n1-c1ccc(F)cc1. The van der Waals surface area contributed by atoms with Crippen molar-refractivity contribution >= 4 is 28.8 Å². The van der Waals surface area contributed by atoms with Gasteiger partial charge in [-0.1, -0.05) is 13.8 Å². The Balaban J connectivity index is 2.21. The number of aliphatic carboxylic acids is 1. The molecule has 0 bridgehead atoms. The molecule has 4 N–H and O–H groups in total. The topological polar surface area (TPSA) is 119 Å². The minimum Gasteiger partial charge on any atom is -0.479 e. The summed E-state index contributed by atoms with van der Waals surface area (Å²) in [5, 5.41) is 23.1. The third-order valence-corrected chi connectivity index (χ3v) is 6.82. The van der Waals surface area contributed by atoms with Crippen molar-refractivity contribution in [2.75, 3.05) is 19.5 Å². The average molecular weight is 506 g/mol. The maximum Gasteiger partial charge on any atom is 0.331 e. The molecule has 0 aliphatic rings. The Bertz CT molecular complexity index is 1510. The predicted molar refractivity (Wildman–Crippen MR) is 143 cm³/mol. The number of nitrogens with one attached hydrogen (secondary N) is 1. The highest BCUT2D eigenvalue weighted by atomic mass is 19.1. The lowest BCUT2D eigenvalue weighted by Gasteiger charge is -2.28. The fraction of sp³-hybridized carbons (Fsp3) is 0.321. The summed E-state index contributed by atoms with van der Waals surface area (Å²) >= 11 is 0. The second-order valence-corrected chi connectivity index (χ2v) is 10.4. The van der Waals surface area contributed by atoms with E-state index in [1.807, 2.05) is 23.6 Å². The van der Waals surface area contributed by atoms with E-state index in [0.29, 0.717) is 23.6 Å². The van der Waals surface area contributed by atoms with Crippen LogP contribution in [0.25, 0.3) is 27.7 Å². The highest BCUT2D eigenvalue weighted by Crippen LogP contribution is 2.45. The van der Waals surface area contributed by atoms with Crippen LogP contribution in [0.1, 0.15) is 44.6 Å². The molecule has 0 fully saturated rings. The maximum absolute atomic E-state index is 13.9. The van der Waals surface area contributed by atoms with E-state index in [9.17, 15) is 14.3 Å². The number of aromatic nitrogens is 3. The number of carbonyl (C=O) groups is 1. The highest BCUT2D eigenvalue weighted by Gasteiger charge is 2.36. The van der Waals surface area contributed by atoms with Gasteiger partial charge in [-0.3, -0.25) is 4.68 Å². The van der Waals surface area contributed by atoms with Crippen molar-refractivity contribution in [1.82, 2.24) is 14.3 Å². The summed E-state index contributed by atoms with van der Waals surface area (Å²) in [4.78, 5) is 12.0. The van der Waals surface area contributed by atoms with Crippen LogP contribution in [0.15, 0.2) is 42.6 Å². The molecule has 0 amide bonds. The van der Waals surface area contributed by atoms with Crippen molar-refractivity contribution in [3.05, 3.63) is 65.4 Å². The van der Waals surface area contributed by atoms with E-state index in [2.05, 4.69) is 18.9 Å². The normalized spacial score (nSPS) is 12.3. The molecule has 0 saturated heterocycles. The highest BCUT2D eigenvalue weighted by molar-refractivity contribution is 6.05. The van der Waals surface area contributed by atoms with Gasteiger partial charge in [0.2, 0.25) is 0 Å². The number of hydrogen-bond donors (Lipinski definition) is 3. The number of nitrogen functional groups attached to an aromatic ring is 1. The molecule has 0 aliphatic carbocycles. The summed E-state index contributed by atoms with van der Waals surface area (Å²) in [6.45, 7) is 9.51. The monoisotopic (exact) mass is 505 g/mol.